The molecule has 0 saturated heterocycles. The summed E-state index contributed by atoms with van der Waals surface area (Å²) < 4.78 is 28.2. The lowest BCUT2D eigenvalue weighted by Crippen LogP contribution is -2.09. The third kappa shape index (κ3) is 2.49. The van der Waals surface area contributed by atoms with E-state index in [1.807, 2.05) is 0 Å². The Kier molecular flexibility index (Phi) is 3.58. The molecule has 1 unspecified atom stereocenters. The van der Waals surface area contributed by atoms with E-state index in [0.717, 1.165) is 12.1 Å². The zero-order valence-electron chi connectivity index (χ0n) is 9.44. The van der Waals surface area contributed by atoms with Gasteiger partial charge in [0.15, 0.2) is 0 Å². The van der Waals surface area contributed by atoms with Crippen molar-refractivity contribution in [1.82, 2.24) is 14.8 Å². The van der Waals surface area contributed by atoms with Gasteiger partial charge in [-0.15, -0.1) is 0 Å². The first-order valence-corrected chi connectivity index (χ1v) is 5.52. The lowest BCUT2D eigenvalue weighted by atomic mass is 10.1. The Morgan fingerprint density at radius 1 is 1.39 bits per heavy atom. The van der Waals surface area contributed by atoms with E-state index in [2.05, 4.69) is 10.1 Å². The number of halogens is 3. The molecule has 4 nitrogen and oxygen atoms in total. The largest absolute Gasteiger partial charge is 0.388 e. The second-order valence-electron chi connectivity index (χ2n) is 3.81. The molecular weight excluding hydrogens is 264 g/mol. The monoisotopic (exact) mass is 273 g/mol. The zero-order valence-corrected chi connectivity index (χ0v) is 10.2. The molecule has 1 atom stereocenters. The first-order chi connectivity index (χ1) is 8.49. The molecule has 1 aromatic heterocycles. The highest BCUT2D eigenvalue weighted by Crippen LogP contribution is 2.25. The van der Waals surface area contributed by atoms with Crippen molar-refractivity contribution >= 4 is 11.6 Å². The minimum atomic E-state index is -1.21. The molecule has 96 valence electrons. The molecule has 0 bridgehead atoms. The van der Waals surface area contributed by atoms with Gasteiger partial charge in [-0.1, -0.05) is 11.6 Å². The van der Waals surface area contributed by atoms with Gasteiger partial charge in [-0.3, -0.25) is 4.68 Å². The fourth-order valence-corrected chi connectivity index (χ4v) is 1.73. The Hall–Kier alpha value is -1.53. The topological polar surface area (TPSA) is 50.9 Å². The number of aliphatic hydroxyl groups excluding tert-OH is 1. The molecule has 18 heavy (non-hydrogen) atoms. The van der Waals surface area contributed by atoms with E-state index in [9.17, 15) is 13.9 Å². The van der Waals surface area contributed by atoms with Crippen LogP contribution in [0.15, 0.2) is 18.5 Å². The maximum atomic E-state index is 13.6. The van der Waals surface area contributed by atoms with Crippen LogP contribution in [0, 0.1) is 11.6 Å². The van der Waals surface area contributed by atoms with E-state index in [-0.39, 0.29) is 17.0 Å². The average molecular weight is 274 g/mol. The van der Waals surface area contributed by atoms with Crippen molar-refractivity contribution < 1.29 is 13.9 Å². The summed E-state index contributed by atoms with van der Waals surface area (Å²) in [4.78, 5) is 3.90. The van der Waals surface area contributed by atoms with E-state index in [0.29, 0.717) is 5.82 Å². The summed E-state index contributed by atoms with van der Waals surface area (Å²) in [5, 5.41) is 13.4. The number of aryl methyl sites for hydroxylation is 1. The molecule has 0 spiro atoms. The predicted octanol–water partition coefficient (Wildman–Crippen LogP) is 2.02. The molecular formula is C11H10ClF2N3O. The van der Waals surface area contributed by atoms with Gasteiger partial charge >= 0.3 is 0 Å². The lowest BCUT2D eigenvalue weighted by molar-refractivity contribution is 0.169. The molecule has 2 aromatic rings. The predicted molar refractivity (Wildman–Crippen MR) is 61.0 cm³/mol. The number of hydrogen-bond donors (Lipinski definition) is 1. The number of rotatable bonds is 3. The standard InChI is InChI=1S/C11H10ClF2N3O/c1-17-11(15-5-16-17)4-10(18)6-2-9(14)7(12)3-8(6)13/h2-3,5,10,18H,4H2,1H3. The smallest absolute Gasteiger partial charge is 0.142 e. The molecule has 2 rings (SSSR count). The van der Waals surface area contributed by atoms with Gasteiger partial charge in [0, 0.05) is 19.0 Å². The Morgan fingerprint density at radius 2 is 2.11 bits per heavy atom. The average Bonchev–Trinajstić information content (AvgIpc) is 2.69. The van der Waals surface area contributed by atoms with Crippen LogP contribution in [0.4, 0.5) is 8.78 Å². The van der Waals surface area contributed by atoms with Gasteiger partial charge in [-0.05, 0) is 12.1 Å². The summed E-state index contributed by atoms with van der Waals surface area (Å²) in [7, 11) is 1.65. The highest BCUT2D eigenvalue weighted by molar-refractivity contribution is 6.30. The van der Waals surface area contributed by atoms with Gasteiger partial charge in [-0.2, -0.15) is 5.10 Å². The summed E-state index contributed by atoms with van der Waals surface area (Å²) in [5.74, 6) is -1.06. The first kappa shape index (κ1) is 12.9. The molecule has 1 heterocycles. The molecule has 0 amide bonds. The van der Waals surface area contributed by atoms with E-state index >= 15 is 0 Å². The second-order valence-corrected chi connectivity index (χ2v) is 4.21. The van der Waals surface area contributed by atoms with Crippen molar-refractivity contribution in [2.75, 3.05) is 0 Å². The van der Waals surface area contributed by atoms with Crippen LogP contribution in [0.1, 0.15) is 17.5 Å². The minimum absolute atomic E-state index is 0.0362. The zero-order chi connectivity index (χ0) is 13.3. The Morgan fingerprint density at radius 3 is 2.72 bits per heavy atom. The third-order valence-corrected chi connectivity index (χ3v) is 2.87. The molecule has 1 aromatic carbocycles. The maximum Gasteiger partial charge on any atom is 0.142 e. The molecule has 0 fully saturated rings. The van der Waals surface area contributed by atoms with Crippen molar-refractivity contribution in [2.24, 2.45) is 7.05 Å². The Labute approximate surface area is 107 Å². The van der Waals surface area contributed by atoms with Crippen LogP contribution in [0.5, 0.6) is 0 Å². The van der Waals surface area contributed by atoms with Crippen LogP contribution in [0.25, 0.3) is 0 Å². The minimum Gasteiger partial charge on any atom is -0.388 e. The molecule has 0 aliphatic rings. The molecule has 0 saturated carbocycles. The Balaban J connectivity index is 2.26. The van der Waals surface area contributed by atoms with Gasteiger partial charge in [0.2, 0.25) is 0 Å². The van der Waals surface area contributed by atoms with Crippen molar-refractivity contribution in [3.63, 3.8) is 0 Å². The molecule has 0 aliphatic heterocycles. The molecule has 0 radical (unpaired) electrons. The fraction of sp³-hybridized carbons (Fsp3) is 0.273. The van der Waals surface area contributed by atoms with E-state index in [4.69, 9.17) is 11.6 Å². The summed E-state index contributed by atoms with van der Waals surface area (Å²) in [6.45, 7) is 0. The van der Waals surface area contributed by atoms with Crippen LogP contribution in [0.2, 0.25) is 5.02 Å². The molecule has 1 N–H and O–H groups in total. The van der Waals surface area contributed by atoms with Crippen LogP contribution in [-0.2, 0) is 13.5 Å². The highest BCUT2D eigenvalue weighted by Gasteiger charge is 2.18. The quantitative estimate of drug-likeness (QED) is 0.871. The SMILES string of the molecule is Cn1ncnc1CC(O)c1cc(F)c(Cl)cc1F. The van der Waals surface area contributed by atoms with Crippen molar-refractivity contribution in [1.29, 1.82) is 0 Å². The van der Waals surface area contributed by atoms with Crippen molar-refractivity contribution in [3.8, 4) is 0 Å². The van der Waals surface area contributed by atoms with Gasteiger partial charge in [0.05, 0.1) is 11.1 Å². The summed E-state index contributed by atoms with van der Waals surface area (Å²) >= 11 is 5.44. The van der Waals surface area contributed by atoms with Crippen molar-refractivity contribution in [3.05, 3.63) is 46.5 Å². The van der Waals surface area contributed by atoms with Crippen LogP contribution < -0.4 is 0 Å². The Bertz CT molecular complexity index is 573. The van der Waals surface area contributed by atoms with E-state index < -0.39 is 17.7 Å². The van der Waals surface area contributed by atoms with Crippen molar-refractivity contribution in [2.45, 2.75) is 12.5 Å². The van der Waals surface area contributed by atoms with E-state index in [1.54, 1.807) is 7.05 Å². The summed E-state index contributed by atoms with van der Waals surface area (Å²) in [6, 6.07) is 1.73. The van der Waals surface area contributed by atoms with Gasteiger partial charge in [0.25, 0.3) is 0 Å². The van der Waals surface area contributed by atoms with Gasteiger partial charge in [-0.25, -0.2) is 13.8 Å². The molecule has 0 aliphatic carbocycles. The van der Waals surface area contributed by atoms with Gasteiger partial charge < -0.3 is 5.11 Å². The number of aliphatic hydroxyl groups is 1. The van der Waals surface area contributed by atoms with Crippen LogP contribution in [-0.4, -0.2) is 19.9 Å². The molecule has 7 heteroatoms. The number of hydrogen-bond acceptors (Lipinski definition) is 3. The number of benzene rings is 1. The van der Waals surface area contributed by atoms with E-state index in [1.165, 1.54) is 11.0 Å². The highest BCUT2D eigenvalue weighted by atomic mass is 35.5. The number of nitrogens with zero attached hydrogens (tertiary/aromatic N) is 3. The lowest BCUT2D eigenvalue weighted by Gasteiger charge is -2.12. The normalized spacial score (nSPS) is 12.7. The van der Waals surface area contributed by atoms with Gasteiger partial charge in [0.1, 0.15) is 23.8 Å². The van der Waals surface area contributed by atoms with Crippen LogP contribution >= 0.6 is 11.6 Å². The fourth-order valence-electron chi connectivity index (χ4n) is 1.58. The number of aromatic nitrogens is 3. The maximum absolute atomic E-state index is 13.6. The first-order valence-electron chi connectivity index (χ1n) is 5.14. The second kappa shape index (κ2) is 4.99. The summed E-state index contributed by atoms with van der Waals surface area (Å²) in [6.07, 6.45) is 0.148. The third-order valence-electron chi connectivity index (χ3n) is 2.58. The summed E-state index contributed by atoms with van der Waals surface area (Å²) in [5.41, 5.74) is -0.153. The van der Waals surface area contributed by atoms with Crippen LogP contribution in [0.3, 0.4) is 0 Å².